The molecule has 0 spiro atoms. The van der Waals surface area contributed by atoms with E-state index in [1.807, 2.05) is 24.3 Å². The first kappa shape index (κ1) is 11.1. The summed E-state index contributed by atoms with van der Waals surface area (Å²) < 4.78 is 5.31. The largest absolute Gasteiger partial charge is 0.399 e. The number of hydrogen-bond acceptors (Lipinski definition) is 2. The highest BCUT2D eigenvalue weighted by atomic mass is 35.5. The summed E-state index contributed by atoms with van der Waals surface area (Å²) in [5, 5.41) is 0. The number of nitrogen functional groups attached to an aromatic ring is 1. The average molecular weight is 212 g/mol. The molecule has 0 fully saturated rings. The van der Waals surface area contributed by atoms with Gasteiger partial charge in [0.15, 0.2) is 0 Å². The van der Waals surface area contributed by atoms with Crippen LogP contribution in [0.2, 0.25) is 0 Å². The maximum Gasteiger partial charge on any atom is 0.0659 e. The Balaban J connectivity index is 2.28. The lowest BCUT2D eigenvalue weighted by molar-refractivity contribution is 0.166. The van der Waals surface area contributed by atoms with E-state index in [-0.39, 0.29) is 0 Å². The van der Waals surface area contributed by atoms with Gasteiger partial charge in [-0.1, -0.05) is 29.8 Å². The molecule has 0 saturated heterocycles. The van der Waals surface area contributed by atoms with Crippen molar-refractivity contribution in [2.24, 2.45) is 0 Å². The molecule has 2 nitrogen and oxygen atoms in total. The van der Waals surface area contributed by atoms with Crippen molar-refractivity contribution in [2.45, 2.75) is 6.42 Å². The number of para-hydroxylation sites is 1. The maximum atomic E-state index is 5.77. The molecule has 0 aromatic heterocycles. The molecule has 0 aliphatic rings. The molecule has 0 amide bonds. The number of benzene rings is 1. The van der Waals surface area contributed by atoms with E-state index in [2.05, 4.69) is 0 Å². The van der Waals surface area contributed by atoms with Gasteiger partial charge in [0, 0.05) is 11.2 Å². The van der Waals surface area contributed by atoms with Crippen LogP contribution in [0.5, 0.6) is 0 Å². The van der Waals surface area contributed by atoms with Crippen LogP contribution < -0.4 is 5.73 Å². The lowest BCUT2D eigenvalue weighted by Gasteiger charge is -2.04. The number of nitrogens with two attached hydrogens (primary N) is 1. The Hall–Kier alpha value is -0.990. The molecule has 0 heterocycles. The second-order valence-electron chi connectivity index (χ2n) is 2.89. The third-order valence-electron chi connectivity index (χ3n) is 1.87. The van der Waals surface area contributed by atoms with E-state index in [1.165, 1.54) is 5.54 Å². The van der Waals surface area contributed by atoms with E-state index in [9.17, 15) is 0 Å². The number of rotatable bonds is 5. The third kappa shape index (κ3) is 3.81. The van der Waals surface area contributed by atoms with Crippen molar-refractivity contribution in [2.75, 3.05) is 18.9 Å². The number of anilines is 1. The van der Waals surface area contributed by atoms with Gasteiger partial charge in [-0.05, 0) is 24.1 Å². The van der Waals surface area contributed by atoms with E-state index >= 15 is 0 Å². The van der Waals surface area contributed by atoms with Crippen molar-refractivity contribution >= 4 is 17.3 Å². The SMILES string of the molecule is Nc1ccccc1CCOC/C=C/Cl. The van der Waals surface area contributed by atoms with E-state index in [0.717, 1.165) is 17.7 Å². The summed E-state index contributed by atoms with van der Waals surface area (Å²) in [5.74, 6) is 0. The summed E-state index contributed by atoms with van der Waals surface area (Å²) in [6.07, 6.45) is 2.60. The first-order valence-corrected chi connectivity index (χ1v) is 4.94. The zero-order chi connectivity index (χ0) is 10.2. The van der Waals surface area contributed by atoms with Gasteiger partial charge in [-0.25, -0.2) is 0 Å². The average Bonchev–Trinajstić information content (AvgIpc) is 2.20. The van der Waals surface area contributed by atoms with Gasteiger partial charge in [0.25, 0.3) is 0 Å². The highest BCUT2D eigenvalue weighted by Gasteiger charge is 1.96. The van der Waals surface area contributed by atoms with E-state index in [0.29, 0.717) is 13.2 Å². The van der Waals surface area contributed by atoms with Crippen LogP contribution in [0, 0.1) is 0 Å². The zero-order valence-corrected chi connectivity index (χ0v) is 8.70. The molecule has 76 valence electrons. The topological polar surface area (TPSA) is 35.2 Å². The second-order valence-corrected chi connectivity index (χ2v) is 3.14. The van der Waals surface area contributed by atoms with Crippen molar-refractivity contribution in [1.82, 2.24) is 0 Å². The Morgan fingerprint density at radius 1 is 1.36 bits per heavy atom. The second kappa shape index (κ2) is 6.46. The van der Waals surface area contributed by atoms with Crippen LogP contribution in [0.4, 0.5) is 5.69 Å². The van der Waals surface area contributed by atoms with Gasteiger partial charge < -0.3 is 10.5 Å². The minimum absolute atomic E-state index is 0.552. The first-order valence-electron chi connectivity index (χ1n) is 4.51. The smallest absolute Gasteiger partial charge is 0.0659 e. The van der Waals surface area contributed by atoms with Crippen LogP contribution in [-0.2, 0) is 11.2 Å². The van der Waals surface area contributed by atoms with Crippen LogP contribution in [-0.4, -0.2) is 13.2 Å². The van der Waals surface area contributed by atoms with Gasteiger partial charge in [0.05, 0.1) is 13.2 Å². The number of ether oxygens (including phenoxy) is 1. The molecule has 1 rings (SSSR count). The number of halogens is 1. The molecular formula is C11H14ClNO. The molecule has 1 aromatic carbocycles. The zero-order valence-electron chi connectivity index (χ0n) is 7.95. The molecule has 0 aliphatic heterocycles. The van der Waals surface area contributed by atoms with Crippen molar-refractivity contribution in [1.29, 1.82) is 0 Å². The molecule has 0 radical (unpaired) electrons. The first-order chi connectivity index (χ1) is 6.84. The summed E-state index contributed by atoms with van der Waals surface area (Å²) in [5.41, 5.74) is 9.18. The lowest BCUT2D eigenvalue weighted by atomic mass is 10.1. The predicted octanol–water partition coefficient (Wildman–Crippen LogP) is 2.58. The fourth-order valence-corrected chi connectivity index (χ4v) is 1.20. The highest BCUT2D eigenvalue weighted by molar-refractivity contribution is 6.25. The molecule has 3 heteroatoms. The molecule has 14 heavy (non-hydrogen) atoms. The Labute approximate surface area is 89.3 Å². The normalized spacial score (nSPS) is 10.9. The Morgan fingerprint density at radius 2 is 2.14 bits per heavy atom. The molecule has 1 aromatic rings. The Morgan fingerprint density at radius 3 is 2.86 bits per heavy atom. The van der Waals surface area contributed by atoms with Crippen LogP contribution in [0.15, 0.2) is 35.9 Å². The Bertz CT molecular complexity index is 299. The summed E-state index contributed by atoms with van der Waals surface area (Å²) >= 11 is 5.34. The van der Waals surface area contributed by atoms with Gasteiger partial charge in [-0.2, -0.15) is 0 Å². The standard InChI is InChI=1S/C11H14ClNO/c12-7-3-8-14-9-6-10-4-1-2-5-11(10)13/h1-5,7H,6,8-9,13H2/b7-3+. The van der Waals surface area contributed by atoms with Gasteiger partial charge in [0.1, 0.15) is 0 Å². The summed E-state index contributed by atoms with van der Waals surface area (Å²) in [6, 6.07) is 7.81. The maximum absolute atomic E-state index is 5.77. The van der Waals surface area contributed by atoms with Crippen molar-refractivity contribution in [3.8, 4) is 0 Å². The summed E-state index contributed by atoms with van der Waals surface area (Å²) in [4.78, 5) is 0. The molecule has 2 N–H and O–H groups in total. The minimum atomic E-state index is 0.552. The van der Waals surface area contributed by atoms with Crippen LogP contribution in [0.3, 0.4) is 0 Å². The lowest BCUT2D eigenvalue weighted by Crippen LogP contribution is -2.01. The fourth-order valence-electron chi connectivity index (χ4n) is 1.13. The van der Waals surface area contributed by atoms with Crippen LogP contribution in [0.1, 0.15) is 5.56 Å². The fraction of sp³-hybridized carbons (Fsp3) is 0.273. The van der Waals surface area contributed by atoms with Gasteiger partial charge in [0.2, 0.25) is 0 Å². The van der Waals surface area contributed by atoms with E-state index < -0.39 is 0 Å². The van der Waals surface area contributed by atoms with Crippen molar-refractivity contribution in [3.05, 3.63) is 41.4 Å². The molecule has 0 saturated carbocycles. The third-order valence-corrected chi connectivity index (χ3v) is 2.05. The highest BCUT2D eigenvalue weighted by Crippen LogP contribution is 2.10. The molecule has 0 unspecified atom stereocenters. The van der Waals surface area contributed by atoms with E-state index in [1.54, 1.807) is 6.08 Å². The van der Waals surface area contributed by atoms with Crippen LogP contribution >= 0.6 is 11.6 Å². The van der Waals surface area contributed by atoms with Gasteiger partial charge >= 0.3 is 0 Å². The van der Waals surface area contributed by atoms with Crippen molar-refractivity contribution in [3.63, 3.8) is 0 Å². The monoisotopic (exact) mass is 211 g/mol. The van der Waals surface area contributed by atoms with Gasteiger partial charge in [-0.3, -0.25) is 0 Å². The summed E-state index contributed by atoms with van der Waals surface area (Å²) in [7, 11) is 0. The predicted molar refractivity (Wildman–Crippen MR) is 60.4 cm³/mol. The summed E-state index contributed by atoms with van der Waals surface area (Å²) in [6.45, 7) is 1.21. The molecule has 0 bridgehead atoms. The molecule has 0 aliphatic carbocycles. The Kier molecular flexibility index (Phi) is 5.12. The minimum Gasteiger partial charge on any atom is -0.399 e. The molecular weight excluding hydrogens is 198 g/mol. The van der Waals surface area contributed by atoms with E-state index in [4.69, 9.17) is 22.1 Å². The van der Waals surface area contributed by atoms with Gasteiger partial charge in [-0.15, -0.1) is 0 Å². The van der Waals surface area contributed by atoms with Crippen LogP contribution in [0.25, 0.3) is 0 Å². The number of hydrogen-bond donors (Lipinski definition) is 1. The molecule has 0 atom stereocenters. The quantitative estimate of drug-likeness (QED) is 0.600. The van der Waals surface area contributed by atoms with Crippen molar-refractivity contribution < 1.29 is 4.74 Å².